The van der Waals surface area contributed by atoms with E-state index in [1.807, 2.05) is 13.8 Å². The van der Waals surface area contributed by atoms with Crippen LogP contribution >= 0.6 is 0 Å². The maximum atomic E-state index is 13.1. The van der Waals surface area contributed by atoms with Gasteiger partial charge in [-0.1, -0.05) is 44.2 Å². The number of carbonyl (C=O) groups excluding carboxylic acids is 1. The van der Waals surface area contributed by atoms with Crippen LogP contribution in [0.25, 0.3) is 0 Å². The van der Waals surface area contributed by atoms with Gasteiger partial charge in [0.25, 0.3) is 5.91 Å². The summed E-state index contributed by atoms with van der Waals surface area (Å²) >= 11 is 0. The first-order valence-electron chi connectivity index (χ1n) is 10.9. The monoisotopic (exact) mass is 493 g/mol. The molecule has 33 heavy (non-hydrogen) atoms. The third kappa shape index (κ3) is 6.63. The zero-order valence-corrected chi connectivity index (χ0v) is 20.7. The van der Waals surface area contributed by atoms with Crippen molar-refractivity contribution in [2.45, 2.75) is 37.5 Å². The molecular formula is C23H31N3O5S2. The van der Waals surface area contributed by atoms with Crippen LogP contribution in [0.15, 0.2) is 53.4 Å². The van der Waals surface area contributed by atoms with Gasteiger partial charge in [-0.25, -0.2) is 21.6 Å². The number of nitrogens with zero attached hydrogens (tertiary/aromatic N) is 1. The molecule has 8 nitrogen and oxygen atoms in total. The number of amides is 1. The van der Waals surface area contributed by atoms with Crippen molar-refractivity contribution in [2.24, 2.45) is 11.8 Å². The van der Waals surface area contributed by atoms with E-state index in [2.05, 4.69) is 10.0 Å². The van der Waals surface area contributed by atoms with Crippen LogP contribution in [-0.4, -0.2) is 47.2 Å². The van der Waals surface area contributed by atoms with Crippen LogP contribution in [0.1, 0.15) is 41.8 Å². The fourth-order valence-corrected chi connectivity index (χ4v) is 6.58. The van der Waals surface area contributed by atoms with Crippen LogP contribution in [0.3, 0.4) is 0 Å². The van der Waals surface area contributed by atoms with Crippen molar-refractivity contribution >= 4 is 26.0 Å². The Hall–Kier alpha value is -2.27. The van der Waals surface area contributed by atoms with E-state index < -0.39 is 20.0 Å². The Balaban J connectivity index is 1.66. The molecule has 1 fully saturated rings. The molecule has 2 aromatic rings. The summed E-state index contributed by atoms with van der Waals surface area (Å²) in [5.74, 6) is 0.0835. The highest BCUT2D eigenvalue weighted by atomic mass is 32.2. The molecule has 1 aliphatic rings. The first kappa shape index (κ1) is 25.4. The maximum absolute atomic E-state index is 13.1. The predicted octanol–water partition coefficient (Wildman–Crippen LogP) is 2.33. The quantitative estimate of drug-likeness (QED) is 0.586. The topological polar surface area (TPSA) is 113 Å². The molecule has 180 valence electrons. The average molecular weight is 494 g/mol. The zero-order chi connectivity index (χ0) is 24.2. The molecule has 0 radical (unpaired) electrons. The number of carbonyl (C=O) groups is 1. The molecular weight excluding hydrogens is 462 g/mol. The van der Waals surface area contributed by atoms with Crippen molar-refractivity contribution in [2.75, 3.05) is 20.1 Å². The summed E-state index contributed by atoms with van der Waals surface area (Å²) in [6.07, 6.45) is 1.00. The van der Waals surface area contributed by atoms with E-state index in [-0.39, 0.29) is 28.7 Å². The molecule has 0 bridgehead atoms. The number of nitrogens with one attached hydrogen (secondary N) is 2. The van der Waals surface area contributed by atoms with Gasteiger partial charge in [0.15, 0.2) is 0 Å². The minimum atomic E-state index is -3.67. The Morgan fingerprint density at radius 1 is 0.970 bits per heavy atom. The third-order valence-corrected chi connectivity index (χ3v) is 8.88. The van der Waals surface area contributed by atoms with Crippen molar-refractivity contribution in [1.29, 1.82) is 0 Å². The van der Waals surface area contributed by atoms with Crippen molar-refractivity contribution < 1.29 is 21.6 Å². The van der Waals surface area contributed by atoms with Crippen molar-refractivity contribution in [1.82, 2.24) is 14.3 Å². The van der Waals surface area contributed by atoms with E-state index in [4.69, 9.17) is 0 Å². The van der Waals surface area contributed by atoms with Gasteiger partial charge in [-0.3, -0.25) is 4.79 Å². The van der Waals surface area contributed by atoms with Gasteiger partial charge in [-0.05, 0) is 54.6 Å². The van der Waals surface area contributed by atoms with Crippen LogP contribution in [0.5, 0.6) is 0 Å². The fourth-order valence-electron chi connectivity index (χ4n) is 4.08. The summed E-state index contributed by atoms with van der Waals surface area (Å²) in [6.45, 7) is 5.29. The molecule has 0 saturated carbocycles. The number of hydrogen-bond acceptors (Lipinski definition) is 5. The SMILES string of the molecule is CNS(=O)(=O)Cc1ccc(CNC(=O)c2cccc(S(=O)(=O)N3CC(C)CC(C)C3)c2)cc1. The summed E-state index contributed by atoms with van der Waals surface area (Å²) < 4.78 is 53.3. The van der Waals surface area contributed by atoms with Gasteiger partial charge in [-0.15, -0.1) is 0 Å². The molecule has 2 aromatic carbocycles. The third-order valence-electron chi connectivity index (χ3n) is 5.71. The fraction of sp³-hybridized carbons (Fsp3) is 0.435. The summed E-state index contributed by atoms with van der Waals surface area (Å²) in [4.78, 5) is 12.8. The minimum absolute atomic E-state index is 0.117. The predicted molar refractivity (Wildman–Crippen MR) is 127 cm³/mol. The average Bonchev–Trinajstić information content (AvgIpc) is 2.77. The molecule has 3 rings (SSSR count). The van der Waals surface area contributed by atoms with Crippen molar-refractivity contribution in [3.8, 4) is 0 Å². The Kier molecular flexibility index (Phi) is 7.94. The van der Waals surface area contributed by atoms with Gasteiger partial charge in [-0.2, -0.15) is 4.31 Å². The van der Waals surface area contributed by atoms with Gasteiger partial charge in [0.2, 0.25) is 20.0 Å². The highest BCUT2D eigenvalue weighted by Crippen LogP contribution is 2.27. The van der Waals surface area contributed by atoms with E-state index in [9.17, 15) is 21.6 Å². The van der Waals surface area contributed by atoms with Crippen LogP contribution in [-0.2, 0) is 32.3 Å². The van der Waals surface area contributed by atoms with E-state index in [0.717, 1.165) is 12.0 Å². The standard InChI is InChI=1S/C23H31N3O5S2/c1-17-11-18(2)15-26(14-17)33(30,31)22-6-4-5-21(12-22)23(27)25-13-19-7-9-20(10-8-19)16-32(28,29)24-3/h4-10,12,17-18,24H,11,13-16H2,1-3H3,(H,25,27). The second kappa shape index (κ2) is 10.3. The van der Waals surface area contributed by atoms with Gasteiger partial charge < -0.3 is 5.32 Å². The normalized spacial score (nSPS) is 19.8. The highest BCUT2D eigenvalue weighted by molar-refractivity contribution is 7.89. The Morgan fingerprint density at radius 3 is 2.18 bits per heavy atom. The van der Waals surface area contributed by atoms with E-state index in [1.54, 1.807) is 36.4 Å². The minimum Gasteiger partial charge on any atom is -0.348 e. The Bertz CT molecular complexity index is 1180. The van der Waals surface area contributed by atoms with Crippen LogP contribution < -0.4 is 10.0 Å². The van der Waals surface area contributed by atoms with Gasteiger partial charge >= 0.3 is 0 Å². The molecule has 2 unspecified atom stereocenters. The van der Waals surface area contributed by atoms with Crippen molar-refractivity contribution in [3.05, 3.63) is 65.2 Å². The zero-order valence-electron chi connectivity index (χ0n) is 19.1. The van der Waals surface area contributed by atoms with E-state index in [0.29, 0.717) is 30.5 Å². The molecule has 0 aliphatic carbocycles. The Labute approximate surface area is 196 Å². The lowest BCUT2D eigenvalue weighted by atomic mass is 9.94. The van der Waals surface area contributed by atoms with Crippen molar-refractivity contribution in [3.63, 3.8) is 0 Å². The Morgan fingerprint density at radius 2 is 1.58 bits per heavy atom. The van der Waals surface area contributed by atoms with Crippen LogP contribution in [0.2, 0.25) is 0 Å². The number of hydrogen-bond donors (Lipinski definition) is 2. The van der Waals surface area contributed by atoms with Crippen LogP contribution in [0, 0.1) is 11.8 Å². The molecule has 0 aromatic heterocycles. The van der Waals surface area contributed by atoms with E-state index in [1.165, 1.54) is 23.5 Å². The molecule has 0 spiro atoms. The molecule has 1 saturated heterocycles. The first-order chi connectivity index (χ1) is 15.5. The molecule has 10 heteroatoms. The summed E-state index contributed by atoms with van der Waals surface area (Å²) in [6, 6.07) is 13.0. The number of piperidine rings is 1. The maximum Gasteiger partial charge on any atom is 0.251 e. The molecule has 1 aliphatic heterocycles. The van der Waals surface area contributed by atoms with Crippen LogP contribution in [0.4, 0.5) is 0 Å². The highest BCUT2D eigenvalue weighted by Gasteiger charge is 2.31. The van der Waals surface area contributed by atoms with E-state index >= 15 is 0 Å². The van der Waals surface area contributed by atoms with Gasteiger partial charge in [0.05, 0.1) is 10.6 Å². The largest absolute Gasteiger partial charge is 0.348 e. The van der Waals surface area contributed by atoms with Gasteiger partial charge in [0.1, 0.15) is 0 Å². The lowest BCUT2D eigenvalue weighted by molar-refractivity contribution is 0.0950. The molecule has 1 amide bonds. The summed E-state index contributed by atoms with van der Waals surface area (Å²) in [5, 5.41) is 2.79. The molecule has 1 heterocycles. The number of rotatable bonds is 8. The summed E-state index contributed by atoms with van der Waals surface area (Å²) in [7, 11) is -5.66. The smallest absolute Gasteiger partial charge is 0.251 e. The van der Waals surface area contributed by atoms with Gasteiger partial charge in [0, 0.05) is 25.2 Å². The second-order valence-corrected chi connectivity index (χ2v) is 12.6. The lowest BCUT2D eigenvalue weighted by Crippen LogP contribution is -2.42. The second-order valence-electron chi connectivity index (χ2n) is 8.76. The lowest BCUT2D eigenvalue weighted by Gasteiger charge is -2.34. The molecule has 2 atom stereocenters. The number of sulfonamides is 2. The number of benzene rings is 2. The molecule has 2 N–H and O–H groups in total. The summed E-state index contributed by atoms with van der Waals surface area (Å²) in [5.41, 5.74) is 1.71. The first-order valence-corrected chi connectivity index (χ1v) is 14.0.